The van der Waals surface area contributed by atoms with Crippen LogP contribution >= 0.6 is 15.9 Å². The standard InChI is InChI=1S/C18H12BrNO5/c1-24-12-7-8(6-10(19)16(12)22)14-13-15(21)9-4-2-3-5-11(9)25-17(13)18(23)20-14/h2-7,14,22H,1H3,(H,20,23). The topological polar surface area (TPSA) is 88.8 Å². The van der Waals surface area contributed by atoms with Crippen LogP contribution in [0.5, 0.6) is 11.5 Å². The molecule has 0 fully saturated rings. The Morgan fingerprint density at radius 3 is 2.76 bits per heavy atom. The molecule has 0 saturated carbocycles. The highest BCUT2D eigenvalue weighted by atomic mass is 79.9. The van der Waals surface area contributed by atoms with Gasteiger partial charge in [0, 0.05) is 0 Å². The van der Waals surface area contributed by atoms with Gasteiger partial charge in [0.15, 0.2) is 16.9 Å². The molecule has 0 saturated heterocycles. The van der Waals surface area contributed by atoms with Crippen LogP contribution in [0.4, 0.5) is 0 Å². The Kier molecular flexibility index (Phi) is 3.54. The maximum Gasteiger partial charge on any atom is 0.288 e. The van der Waals surface area contributed by atoms with Gasteiger partial charge in [0.25, 0.3) is 5.91 Å². The summed E-state index contributed by atoms with van der Waals surface area (Å²) in [6.07, 6.45) is 0. The number of carbonyl (C=O) groups is 1. The van der Waals surface area contributed by atoms with E-state index in [0.717, 1.165) is 0 Å². The van der Waals surface area contributed by atoms with Crippen molar-refractivity contribution in [2.24, 2.45) is 0 Å². The lowest BCUT2D eigenvalue weighted by Gasteiger charge is -2.14. The molecule has 1 atom stereocenters. The number of fused-ring (bicyclic) bond motifs is 2. The maximum absolute atomic E-state index is 12.9. The van der Waals surface area contributed by atoms with Gasteiger partial charge >= 0.3 is 0 Å². The van der Waals surface area contributed by atoms with Gasteiger partial charge in [-0.1, -0.05) is 12.1 Å². The molecule has 6 nitrogen and oxygen atoms in total. The second-order valence-electron chi connectivity index (χ2n) is 5.63. The summed E-state index contributed by atoms with van der Waals surface area (Å²) in [6, 6.07) is 9.32. The Labute approximate surface area is 150 Å². The molecule has 3 aromatic rings. The first-order valence-electron chi connectivity index (χ1n) is 7.44. The number of rotatable bonds is 2. The molecule has 1 amide bonds. The summed E-state index contributed by atoms with van der Waals surface area (Å²) in [7, 11) is 1.42. The molecule has 126 valence electrons. The fraction of sp³-hybridized carbons (Fsp3) is 0.111. The fourth-order valence-corrected chi connectivity index (χ4v) is 3.48. The van der Waals surface area contributed by atoms with E-state index in [2.05, 4.69) is 21.2 Å². The zero-order valence-electron chi connectivity index (χ0n) is 13.0. The van der Waals surface area contributed by atoms with Crippen molar-refractivity contribution in [1.29, 1.82) is 0 Å². The number of nitrogens with one attached hydrogen (secondary N) is 1. The third-order valence-electron chi connectivity index (χ3n) is 4.21. The van der Waals surface area contributed by atoms with Crippen molar-refractivity contribution in [1.82, 2.24) is 5.32 Å². The number of carbonyl (C=O) groups excluding carboxylic acids is 1. The van der Waals surface area contributed by atoms with Crippen LogP contribution in [0.1, 0.15) is 27.7 Å². The SMILES string of the molecule is COc1cc(C2NC(=O)c3oc4ccccc4c(=O)c32)cc(Br)c1O. The summed E-state index contributed by atoms with van der Waals surface area (Å²) < 4.78 is 11.2. The molecular formula is C18H12BrNO5. The van der Waals surface area contributed by atoms with Crippen LogP contribution in [-0.2, 0) is 0 Å². The molecule has 7 heteroatoms. The Morgan fingerprint density at radius 1 is 1.24 bits per heavy atom. The first-order chi connectivity index (χ1) is 12.0. The van der Waals surface area contributed by atoms with Crippen LogP contribution < -0.4 is 15.5 Å². The zero-order valence-corrected chi connectivity index (χ0v) is 14.6. The lowest BCUT2D eigenvalue weighted by atomic mass is 9.99. The molecular weight excluding hydrogens is 390 g/mol. The molecule has 2 heterocycles. The molecule has 2 aromatic carbocycles. The van der Waals surface area contributed by atoms with E-state index in [4.69, 9.17) is 9.15 Å². The molecule has 0 radical (unpaired) electrons. The average molecular weight is 402 g/mol. The van der Waals surface area contributed by atoms with Gasteiger partial charge in [0.05, 0.1) is 28.6 Å². The summed E-state index contributed by atoms with van der Waals surface area (Å²) in [6.45, 7) is 0. The number of halogens is 1. The minimum absolute atomic E-state index is 0.0110. The highest BCUT2D eigenvalue weighted by Gasteiger charge is 2.36. The number of aromatic hydroxyl groups is 1. The average Bonchev–Trinajstić information content (AvgIpc) is 2.94. The highest BCUT2D eigenvalue weighted by Crippen LogP contribution is 2.39. The third kappa shape index (κ3) is 2.31. The number of amides is 1. The van der Waals surface area contributed by atoms with E-state index < -0.39 is 11.9 Å². The van der Waals surface area contributed by atoms with Gasteiger partial charge in [-0.25, -0.2) is 0 Å². The second kappa shape index (κ2) is 5.63. The van der Waals surface area contributed by atoms with Crippen LogP contribution in [-0.4, -0.2) is 18.1 Å². The van der Waals surface area contributed by atoms with Crippen molar-refractivity contribution in [3.05, 3.63) is 68.0 Å². The number of hydrogen-bond donors (Lipinski definition) is 2. The molecule has 1 aromatic heterocycles. The van der Waals surface area contributed by atoms with Crippen LogP contribution in [0.25, 0.3) is 11.0 Å². The van der Waals surface area contributed by atoms with E-state index in [1.165, 1.54) is 7.11 Å². The van der Waals surface area contributed by atoms with Crippen LogP contribution in [0.15, 0.2) is 50.1 Å². The number of hydrogen-bond acceptors (Lipinski definition) is 5. The van der Waals surface area contributed by atoms with E-state index >= 15 is 0 Å². The number of para-hydroxylation sites is 1. The van der Waals surface area contributed by atoms with Crippen molar-refractivity contribution in [2.45, 2.75) is 6.04 Å². The van der Waals surface area contributed by atoms with Gasteiger partial charge in [-0.15, -0.1) is 0 Å². The third-order valence-corrected chi connectivity index (χ3v) is 4.81. The highest BCUT2D eigenvalue weighted by molar-refractivity contribution is 9.10. The van der Waals surface area contributed by atoms with Gasteiger partial charge in [-0.05, 0) is 45.8 Å². The number of methoxy groups -OCH3 is 1. The van der Waals surface area contributed by atoms with E-state index in [0.29, 0.717) is 21.0 Å². The normalized spacial score (nSPS) is 15.9. The molecule has 25 heavy (non-hydrogen) atoms. The zero-order chi connectivity index (χ0) is 17.7. The van der Waals surface area contributed by atoms with Crippen molar-refractivity contribution in [2.75, 3.05) is 7.11 Å². The summed E-state index contributed by atoms with van der Waals surface area (Å²) in [5.74, 6) is -0.263. The van der Waals surface area contributed by atoms with Gasteiger partial charge in [0.1, 0.15) is 5.58 Å². The van der Waals surface area contributed by atoms with E-state index in [-0.39, 0.29) is 28.3 Å². The van der Waals surface area contributed by atoms with Crippen LogP contribution in [0.3, 0.4) is 0 Å². The van der Waals surface area contributed by atoms with E-state index in [9.17, 15) is 14.7 Å². The number of phenolic OH excluding ortho intramolecular Hbond substituents is 1. The molecule has 1 unspecified atom stereocenters. The minimum atomic E-state index is -0.686. The van der Waals surface area contributed by atoms with E-state index in [1.54, 1.807) is 36.4 Å². The molecule has 4 rings (SSSR count). The molecule has 1 aliphatic rings. The van der Waals surface area contributed by atoms with E-state index in [1.807, 2.05) is 0 Å². The van der Waals surface area contributed by atoms with Gasteiger partial charge in [-0.2, -0.15) is 0 Å². The smallest absolute Gasteiger partial charge is 0.288 e. The summed E-state index contributed by atoms with van der Waals surface area (Å²) in [5.41, 5.74) is 0.953. The Bertz CT molecular complexity index is 1090. The van der Waals surface area contributed by atoms with Gasteiger partial charge in [-0.3, -0.25) is 9.59 Å². The summed E-state index contributed by atoms with van der Waals surface area (Å²) >= 11 is 3.25. The fourth-order valence-electron chi connectivity index (χ4n) is 3.02. The number of ether oxygens (including phenoxy) is 1. The molecule has 0 aliphatic carbocycles. The lowest BCUT2D eigenvalue weighted by Crippen LogP contribution is -2.22. The van der Waals surface area contributed by atoms with Crippen molar-refractivity contribution < 1.29 is 19.1 Å². The molecule has 0 bridgehead atoms. The lowest BCUT2D eigenvalue weighted by molar-refractivity contribution is 0.0938. The molecule has 2 N–H and O–H groups in total. The monoisotopic (exact) mass is 401 g/mol. The first-order valence-corrected chi connectivity index (χ1v) is 8.23. The van der Waals surface area contributed by atoms with Crippen LogP contribution in [0.2, 0.25) is 0 Å². The number of benzene rings is 2. The minimum Gasteiger partial charge on any atom is -0.503 e. The molecule has 1 aliphatic heterocycles. The van der Waals surface area contributed by atoms with Crippen LogP contribution in [0, 0.1) is 0 Å². The largest absolute Gasteiger partial charge is 0.503 e. The predicted molar refractivity (Wildman–Crippen MR) is 94.2 cm³/mol. The van der Waals surface area contributed by atoms with Crippen molar-refractivity contribution in [3.8, 4) is 11.5 Å². The molecule has 0 spiro atoms. The second-order valence-corrected chi connectivity index (χ2v) is 6.48. The predicted octanol–water partition coefficient (Wildman–Crippen LogP) is 3.10. The Hall–Kier alpha value is -2.80. The van der Waals surface area contributed by atoms with Crippen molar-refractivity contribution >= 4 is 32.8 Å². The number of phenols is 1. The Balaban J connectivity index is 1.97. The van der Waals surface area contributed by atoms with Gasteiger partial charge < -0.3 is 19.6 Å². The summed E-state index contributed by atoms with van der Waals surface area (Å²) in [4.78, 5) is 25.2. The maximum atomic E-state index is 12.9. The van der Waals surface area contributed by atoms with Gasteiger partial charge in [0.2, 0.25) is 5.76 Å². The Morgan fingerprint density at radius 2 is 2.00 bits per heavy atom. The first kappa shape index (κ1) is 15.7. The quantitative estimate of drug-likeness (QED) is 0.688. The summed E-state index contributed by atoms with van der Waals surface area (Å²) in [5, 5.41) is 13.1. The van der Waals surface area contributed by atoms with Crippen molar-refractivity contribution in [3.63, 3.8) is 0 Å².